The number of thioether (sulfide) groups is 1. The van der Waals surface area contributed by atoms with Crippen LogP contribution >= 0.6 is 23.1 Å². The molecule has 0 spiro atoms. The standard InChI is InChI=1S/C22H20F2N4OS2/c1-13-5-4-6-15(9-13)21-25-17(11-30-21)12-31-22-27-26-20(28(22)3)14(2)29-19-8-7-16(23)10-18(19)24/h4-11,14H,12H2,1-3H3. The zero-order valence-electron chi connectivity index (χ0n) is 17.2. The average molecular weight is 459 g/mol. The summed E-state index contributed by atoms with van der Waals surface area (Å²) < 4.78 is 34.4. The van der Waals surface area contributed by atoms with Crippen molar-refractivity contribution in [3.63, 3.8) is 0 Å². The van der Waals surface area contributed by atoms with Gasteiger partial charge in [-0.25, -0.2) is 13.8 Å². The second kappa shape index (κ2) is 9.15. The minimum absolute atomic E-state index is 0.0303. The van der Waals surface area contributed by atoms with E-state index < -0.39 is 17.7 Å². The number of thiazole rings is 1. The van der Waals surface area contributed by atoms with Crippen LogP contribution in [0.2, 0.25) is 0 Å². The third-order valence-electron chi connectivity index (χ3n) is 4.60. The van der Waals surface area contributed by atoms with E-state index in [4.69, 9.17) is 9.72 Å². The number of aromatic nitrogens is 4. The molecule has 0 saturated carbocycles. The molecule has 0 amide bonds. The lowest BCUT2D eigenvalue weighted by molar-refractivity contribution is 0.201. The number of hydrogen-bond donors (Lipinski definition) is 0. The Morgan fingerprint density at radius 2 is 2.00 bits per heavy atom. The van der Waals surface area contributed by atoms with Gasteiger partial charge in [-0.15, -0.1) is 21.5 Å². The maximum absolute atomic E-state index is 13.9. The van der Waals surface area contributed by atoms with Crippen molar-refractivity contribution in [2.24, 2.45) is 7.05 Å². The van der Waals surface area contributed by atoms with Gasteiger partial charge in [-0.1, -0.05) is 35.5 Å². The quantitative estimate of drug-likeness (QED) is 0.320. The van der Waals surface area contributed by atoms with Gasteiger partial charge in [-0.2, -0.15) is 0 Å². The van der Waals surface area contributed by atoms with Crippen LogP contribution in [0.25, 0.3) is 10.6 Å². The molecule has 9 heteroatoms. The third kappa shape index (κ3) is 4.94. The van der Waals surface area contributed by atoms with Crippen molar-refractivity contribution in [3.8, 4) is 16.3 Å². The molecule has 4 aromatic rings. The van der Waals surface area contributed by atoms with Gasteiger partial charge in [0.05, 0.1) is 5.69 Å². The number of nitrogens with zero attached hydrogens (tertiary/aromatic N) is 4. The van der Waals surface area contributed by atoms with Crippen LogP contribution in [-0.4, -0.2) is 19.7 Å². The van der Waals surface area contributed by atoms with Crippen LogP contribution in [-0.2, 0) is 12.8 Å². The number of aryl methyl sites for hydroxylation is 1. The van der Waals surface area contributed by atoms with Crippen molar-refractivity contribution in [1.29, 1.82) is 0 Å². The molecule has 160 valence electrons. The van der Waals surface area contributed by atoms with Crippen LogP contribution in [0.15, 0.2) is 53.0 Å². The number of ether oxygens (including phenoxy) is 1. The van der Waals surface area contributed by atoms with Crippen LogP contribution in [0.4, 0.5) is 8.78 Å². The Morgan fingerprint density at radius 1 is 1.16 bits per heavy atom. The third-order valence-corrected chi connectivity index (χ3v) is 6.59. The fraction of sp³-hybridized carbons (Fsp3) is 0.227. The lowest BCUT2D eigenvalue weighted by atomic mass is 10.1. The molecule has 2 aromatic heterocycles. The van der Waals surface area contributed by atoms with Crippen molar-refractivity contribution in [2.45, 2.75) is 30.9 Å². The monoisotopic (exact) mass is 458 g/mol. The minimum Gasteiger partial charge on any atom is -0.480 e. The molecule has 0 N–H and O–H groups in total. The molecule has 0 aliphatic rings. The summed E-state index contributed by atoms with van der Waals surface area (Å²) in [7, 11) is 1.83. The van der Waals surface area contributed by atoms with Crippen molar-refractivity contribution >= 4 is 23.1 Å². The molecule has 31 heavy (non-hydrogen) atoms. The first-order valence-corrected chi connectivity index (χ1v) is 11.4. The van der Waals surface area contributed by atoms with E-state index in [1.165, 1.54) is 23.4 Å². The lowest BCUT2D eigenvalue weighted by Crippen LogP contribution is -2.11. The molecule has 2 heterocycles. The van der Waals surface area contributed by atoms with Gasteiger partial charge in [-0.3, -0.25) is 0 Å². The summed E-state index contributed by atoms with van der Waals surface area (Å²) in [5.74, 6) is -0.239. The Bertz CT molecular complexity index is 1210. The topological polar surface area (TPSA) is 52.8 Å². The van der Waals surface area contributed by atoms with Crippen molar-refractivity contribution in [3.05, 3.63) is 76.6 Å². The summed E-state index contributed by atoms with van der Waals surface area (Å²) in [6.45, 7) is 3.81. The molecular weight excluding hydrogens is 438 g/mol. The maximum atomic E-state index is 13.9. The first-order chi connectivity index (χ1) is 14.9. The summed E-state index contributed by atoms with van der Waals surface area (Å²) in [6, 6.07) is 11.5. The van der Waals surface area contributed by atoms with Gasteiger partial charge in [0.15, 0.2) is 28.7 Å². The van der Waals surface area contributed by atoms with Crippen LogP contribution in [0.1, 0.15) is 30.1 Å². The highest BCUT2D eigenvalue weighted by Crippen LogP contribution is 2.29. The Hall–Kier alpha value is -2.78. The highest BCUT2D eigenvalue weighted by atomic mass is 32.2. The summed E-state index contributed by atoms with van der Waals surface area (Å²) >= 11 is 3.13. The highest BCUT2D eigenvalue weighted by molar-refractivity contribution is 7.98. The number of halogens is 2. The second-order valence-corrected chi connectivity index (χ2v) is 8.84. The number of hydrogen-bond acceptors (Lipinski definition) is 6. The van der Waals surface area contributed by atoms with Crippen LogP contribution in [0.3, 0.4) is 0 Å². The maximum Gasteiger partial charge on any atom is 0.191 e. The van der Waals surface area contributed by atoms with E-state index in [1.54, 1.807) is 18.3 Å². The zero-order chi connectivity index (χ0) is 22.0. The van der Waals surface area contributed by atoms with Crippen LogP contribution in [0, 0.1) is 18.6 Å². The average Bonchev–Trinajstić information content (AvgIpc) is 3.35. The molecule has 0 saturated heterocycles. The molecular formula is C22H20F2N4OS2. The van der Waals surface area contributed by atoms with E-state index in [1.807, 2.05) is 23.1 Å². The molecule has 0 bridgehead atoms. The Kier molecular flexibility index (Phi) is 6.33. The summed E-state index contributed by atoms with van der Waals surface area (Å²) in [4.78, 5) is 4.72. The van der Waals surface area contributed by atoms with E-state index in [9.17, 15) is 8.78 Å². The molecule has 4 rings (SSSR count). The second-order valence-electron chi connectivity index (χ2n) is 7.04. The zero-order valence-corrected chi connectivity index (χ0v) is 18.8. The van der Waals surface area contributed by atoms with Gasteiger partial charge in [0.1, 0.15) is 10.8 Å². The first-order valence-electron chi connectivity index (χ1n) is 9.56. The molecule has 0 radical (unpaired) electrons. The molecule has 0 aliphatic heterocycles. The normalized spacial score (nSPS) is 12.2. The SMILES string of the molecule is Cc1cccc(-c2nc(CSc3nnc(C(C)Oc4ccc(F)cc4F)n3C)cs2)c1. The summed E-state index contributed by atoms with van der Waals surface area (Å²) in [5.41, 5.74) is 3.28. The van der Waals surface area contributed by atoms with Crippen molar-refractivity contribution < 1.29 is 13.5 Å². The van der Waals surface area contributed by atoms with Crippen LogP contribution in [0.5, 0.6) is 5.75 Å². The number of benzene rings is 2. The predicted molar refractivity (Wildman–Crippen MR) is 118 cm³/mol. The van der Waals surface area contributed by atoms with Gasteiger partial charge in [0.25, 0.3) is 0 Å². The highest BCUT2D eigenvalue weighted by Gasteiger charge is 2.19. The van der Waals surface area contributed by atoms with Gasteiger partial charge in [0.2, 0.25) is 0 Å². The predicted octanol–water partition coefficient (Wildman–Crippen LogP) is 5.96. The first kappa shape index (κ1) is 21.5. The van der Waals surface area contributed by atoms with E-state index in [0.29, 0.717) is 16.7 Å². The van der Waals surface area contributed by atoms with E-state index in [0.717, 1.165) is 28.4 Å². The summed E-state index contributed by atoms with van der Waals surface area (Å²) in [6.07, 6.45) is -0.556. The smallest absolute Gasteiger partial charge is 0.191 e. The molecule has 0 fully saturated rings. The van der Waals surface area contributed by atoms with Crippen molar-refractivity contribution in [2.75, 3.05) is 0 Å². The van der Waals surface area contributed by atoms with Crippen molar-refractivity contribution in [1.82, 2.24) is 19.7 Å². The molecule has 5 nitrogen and oxygen atoms in total. The number of rotatable bonds is 7. The Labute approximate surface area is 187 Å². The Balaban J connectivity index is 1.42. The largest absolute Gasteiger partial charge is 0.480 e. The van der Waals surface area contributed by atoms with Gasteiger partial charge in [0, 0.05) is 29.8 Å². The van der Waals surface area contributed by atoms with Crippen LogP contribution < -0.4 is 4.74 Å². The lowest BCUT2D eigenvalue weighted by Gasteiger charge is -2.14. The molecule has 2 aromatic carbocycles. The van der Waals surface area contributed by atoms with E-state index in [2.05, 4.69) is 35.3 Å². The Morgan fingerprint density at radius 3 is 2.77 bits per heavy atom. The minimum atomic E-state index is -0.753. The molecule has 0 aliphatic carbocycles. The van der Waals surface area contributed by atoms with Gasteiger partial charge in [-0.05, 0) is 32.0 Å². The molecule has 1 atom stereocenters. The fourth-order valence-electron chi connectivity index (χ4n) is 3.04. The van der Waals surface area contributed by atoms with Gasteiger partial charge >= 0.3 is 0 Å². The van der Waals surface area contributed by atoms with E-state index >= 15 is 0 Å². The fourth-order valence-corrected chi connectivity index (χ4v) is 4.78. The molecule has 1 unspecified atom stereocenters. The van der Waals surface area contributed by atoms with Gasteiger partial charge < -0.3 is 9.30 Å². The summed E-state index contributed by atoms with van der Waals surface area (Å²) in [5, 5.41) is 12.1. The van der Waals surface area contributed by atoms with E-state index in [-0.39, 0.29) is 5.75 Å².